The number of nitrogens with one attached hydrogen (secondary N) is 1. The SMILES string of the molecule is COc1ccccc1OCC(=O)Nc1ccc(CCCN2CCCC2)cc1. The van der Waals surface area contributed by atoms with Crippen molar-refractivity contribution in [2.45, 2.75) is 25.7 Å². The van der Waals surface area contributed by atoms with E-state index in [2.05, 4.69) is 22.3 Å². The van der Waals surface area contributed by atoms with Gasteiger partial charge in [0, 0.05) is 5.69 Å². The number of benzene rings is 2. The molecule has 0 aliphatic carbocycles. The minimum Gasteiger partial charge on any atom is -0.493 e. The molecule has 0 atom stereocenters. The van der Waals surface area contributed by atoms with Gasteiger partial charge < -0.3 is 19.7 Å². The molecule has 27 heavy (non-hydrogen) atoms. The number of hydrogen-bond donors (Lipinski definition) is 1. The van der Waals surface area contributed by atoms with E-state index in [1.165, 1.54) is 44.5 Å². The quantitative estimate of drug-likeness (QED) is 0.733. The Hall–Kier alpha value is -2.53. The smallest absolute Gasteiger partial charge is 0.262 e. The van der Waals surface area contributed by atoms with Crippen LogP contribution in [0.3, 0.4) is 0 Å². The normalized spacial score (nSPS) is 14.1. The molecule has 1 fully saturated rings. The van der Waals surface area contributed by atoms with Crippen molar-refractivity contribution in [3.05, 3.63) is 54.1 Å². The van der Waals surface area contributed by atoms with Crippen LogP contribution in [-0.4, -0.2) is 44.2 Å². The van der Waals surface area contributed by atoms with Crippen molar-refractivity contribution < 1.29 is 14.3 Å². The van der Waals surface area contributed by atoms with Gasteiger partial charge in [0.25, 0.3) is 5.91 Å². The van der Waals surface area contributed by atoms with Crippen molar-refractivity contribution in [1.82, 2.24) is 4.90 Å². The highest BCUT2D eigenvalue weighted by atomic mass is 16.5. The van der Waals surface area contributed by atoms with Crippen LogP contribution in [0.4, 0.5) is 5.69 Å². The van der Waals surface area contributed by atoms with Crippen LogP contribution in [0.25, 0.3) is 0 Å². The molecule has 144 valence electrons. The highest BCUT2D eigenvalue weighted by Gasteiger charge is 2.10. The molecule has 5 heteroatoms. The standard InChI is InChI=1S/C22H28N2O3/c1-26-20-8-2-3-9-21(20)27-17-22(25)23-19-12-10-18(11-13-19)7-6-16-24-14-4-5-15-24/h2-3,8-13H,4-7,14-17H2,1H3,(H,23,25). The van der Waals surface area contributed by atoms with Crippen molar-refractivity contribution in [2.75, 3.05) is 38.7 Å². The topological polar surface area (TPSA) is 50.8 Å². The first-order chi connectivity index (χ1) is 13.2. The Bertz CT molecular complexity index is 725. The molecule has 0 spiro atoms. The maximum absolute atomic E-state index is 12.1. The number of anilines is 1. The third kappa shape index (κ3) is 6.00. The van der Waals surface area contributed by atoms with Crippen LogP contribution in [0, 0.1) is 0 Å². The van der Waals surface area contributed by atoms with Crippen LogP contribution >= 0.6 is 0 Å². The average Bonchev–Trinajstić information content (AvgIpc) is 3.21. The highest BCUT2D eigenvalue weighted by molar-refractivity contribution is 5.91. The molecule has 1 aliphatic rings. The van der Waals surface area contributed by atoms with Crippen molar-refractivity contribution in [3.8, 4) is 11.5 Å². The fourth-order valence-electron chi connectivity index (χ4n) is 3.35. The van der Waals surface area contributed by atoms with Crippen molar-refractivity contribution in [3.63, 3.8) is 0 Å². The second kappa shape index (κ2) is 9.97. The number of likely N-dealkylation sites (tertiary alicyclic amines) is 1. The van der Waals surface area contributed by atoms with E-state index in [9.17, 15) is 4.79 Å². The lowest BCUT2D eigenvalue weighted by Gasteiger charge is -2.14. The number of para-hydroxylation sites is 2. The first kappa shape index (κ1) is 19.2. The van der Waals surface area contributed by atoms with Gasteiger partial charge >= 0.3 is 0 Å². The minimum atomic E-state index is -0.192. The van der Waals surface area contributed by atoms with Gasteiger partial charge in [-0.1, -0.05) is 24.3 Å². The predicted octanol–water partition coefficient (Wildman–Crippen LogP) is 3.74. The lowest BCUT2D eigenvalue weighted by molar-refractivity contribution is -0.118. The Morgan fingerprint density at radius 3 is 2.44 bits per heavy atom. The van der Waals surface area contributed by atoms with Gasteiger partial charge in [-0.25, -0.2) is 0 Å². The molecule has 2 aromatic carbocycles. The van der Waals surface area contributed by atoms with Crippen molar-refractivity contribution in [2.24, 2.45) is 0 Å². The molecule has 1 saturated heterocycles. The number of aryl methyl sites for hydroxylation is 1. The Morgan fingerprint density at radius 1 is 1.04 bits per heavy atom. The molecule has 1 aliphatic heterocycles. The van der Waals surface area contributed by atoms with Crippen LogP contribution in [0.5, 0.6) is 11.5 Å². The van der Waals surface area contributed by atoms with E-state index in [1.54, 1.807) is 19.2 Å². The molecule has 3 rings (SSSR count). The molecule has 0 unspecified atom stereocenters. The first-order valence-corrected chi connectivity index (χ1v) is 9.61. The lowest BCUT2D eigenvalue weighted by Crippen LogP contribution is -2.21. The van der Waals surface area contributed by atoms with Crippen LogP contribution in [-0.2, 0) is 11.2 Å². The summed E-state index contributed by atoms with van der Waals surface area (Å²) in [5.74, 6) is 0.981. The number of carbonyl (C=O) groups is 1. The number of carbonyl (C=O) groups excluding carboxylic acids is 1. The van der Waals surface area contributed by atoms with E-state index in [0.29, 0.717) is 11.5 Å². The lowest BCUT2D eigenvalue weighted by atomic mass is 10.1. The fourth-order valence-corrected chi connectivity index (χ4v) is 3.35. The van der Waals surface area contributed by atoms with Crippen LogP contribution in [0.15, 0.2) is 48.5 Å². The summed E-state index contributed by atoms with van der Waals surface area (Å²) in [6.45, 7) is 3.63. The van der Waals surface area contributed by atoms with E-state index >= 15 is 0 Å². The van der Waals surface area contributed by atoms with Gasteiger partial charge in [-0.3, -0.25) is 4.79 Å². The van der Waals surface area contributed by atoms with Gasteiger partial charge in [0.1, 0.15) is 0 Å². The summed E-state index contributed by atoms with van der Waals surface area (Å²) in [5, 5.41) is 2.86. The maximum Gasteiger partial charge on any atom is 0.262 e. The zero-order chi connectivity index (χ0) is 18.9. The summed E-state index contributed by atoms with van der Waals surface area (Å²) < 4.78 is 10.8. The highest BCUT2D eigenvalue weighted by Crippen LogP contribution is 2.25. The Labute approximate surface area is 161 Å². The van der Waals surface area contributed by atoms with Crippen LogP contribution in [0.1, 0.15) is 24.8 Å². The van der Waals surface area contributed by atoms with Crippen LogP contribution < -0.4 is 14.8 Å². The third-order valence-electron chi connectivity index (χ3n) is 4.80. The number of methoxy groups -OCH3 is 1. The monoisotopic (exact) mass is 368 g/mol. The molecule has 0 aromatic heterocycles. The number of hydrogen-bond acceptors (Lipinski definition) is 4. The second-order valence-electron chi connectivity index (χ2n) is 6.84. The molecule has 1 amide bonds. The second-order valence-corrected chi connectivity index (χ2v) is 6.84. The first-order valence-electron chi connectivity index (χ1n) is 9.61. The minimum absolute atomic E-state index is 0.0576. The van der Waals surface area contributed by atoms with Crippen molar-refractivity contribution in [1.29, 1.82) is 0 Å². The fraction of sp³-hybridized carbons (Fsp3) is 0.409. The molecule has 1 heterocycles. The van der Waals surface area contributed by atoms with E-state index in [4.69, 9.17) is 9.47 Å². The van der Waals surface area contributed by atoms with Gasteiger partial charge in [0.2, 0.25) is 0 Å². The number of nitrogens with zero attached hydrogens (tertiary/aromatic N) is 1. The number of rotatable bonds is 9. The Morgan fingerprint density at radius 2 is 1.74 bits per heavy atom. The average molecular weight is 368 g/mol. The summed E-state index contributed by atoms with van der Waals surface area (Å²) in [5.41, 5.74) is 2.09. The molecule has 0 saturated carbocycles. The zero-order valence-electron chi connectivity index (χ0n) is 15.9. The Balaban J connectivity index is 1.41. The predicted molar refractivity (Wildman–Crippen MR) is 108 cm³/mol. The number of ether oxygens (including phenoxy) is 2. The van der Waals surface area contributed by atoms with E-state index in [-0.39, 0.29) is 12.5 Å². The maximum atomic E-state index is 12.1. The molecule has 0 radical (unpaired) electrons. The molecular formula is C22H28N2O3. The van der Waals surface area contributed by atoms with E-state index < -0.39 is 0 Å². The van der Waals surface area contributed by atoms with Gasteiger partial charge in [-0.15, -0.1) is 0 Å². The van der Waals surface area contributed by atoms with Gasteiger partial charge in [-0.05, 0) is 75.1 Å². The summed E-state index contributed by atoms with van der Waals surface area (Å²) in [7, 11) is 1.58. The van der Waals surface area contributed by atoms with Gasteiger partial charge in [-0.2, -0.15) is 0 Å². The van der Waals surface area contributed by atoms with E-state index in [1.807, 2.05) is 24.3 Å². The molecular weight excluding hydrogens is 340 g/mol. The van der Waals surface area contributed by atoms with E-state index in [0.717, 1.165) is 12.1 Å². The van der Waals surface area contributed by atoms with Gasteiger partial charge in [0.15, 0.2) is 18.1 Å². The Kier molecular flexibility index (Phi) is 7.11. The summed E-state index contributed by atoms with van der Waals surface area (Å²) in [6.07, 6.45) is 4.93. The summed E-state index contributed by atoms with van der Waals surface area (Å²) >= 11 is 0. The number of amides is 1. The molecule has 5 nitrogen and oxygen atoms in total. The molecule has 1 N–H and O–H groups in total. The van der Waals surface area contributed by atoms with Gasteiger partial charge in [0.05, 0.1) is 7.11 Å². The molecule has 2 aromatic rings. The summed E-state index contributed by atoms with van der Waals surface area (Å²) in [6, 6.07) is 15.4. The zero-order valence-corrected chi connectivity index (χ0v) is 15.9. The largest absolute Gasteiger partial charge is 0.493 e. The molecule has 0 bridgehead atoms. The summed E-state index contributed by atoms with van der Waals surface area (Å²) in [4.78, 5) is 14.6. The third-order valence-corrected chi connectivity index (χ3v) is 4.80. The van der Waals surface area contributed by atoms with Crippen molar-refractivity contribution >= 4 is 11.6 Å². The van der Waals surface area contributed by atoms with Crippen LogP contribution in [0.2, 0.25) is 0 Å².